The largest absolute Gasteiger partial charge is 0.351 e. The molecule has 4 heteroatoms. The van der Waals surface area contributed by atoms with Crippen LogP contribution in [0.3, 0.4) is 0 Å². The lowest BCUT2D eigenvalue weighted by Gasteiger charge is -2.08. The molecule has 0 aliphatic carbocycles. The topological polar surface area (TPSA) is 55.1 Å². The van der Waals surface area contributed by atoms with E-state index in [2.05, 4.69) is 12.2 Å². The third-order valence-electron chi connectivity index (χ3n) is 2.42. The summed E-state index contributed by atoms with van der Waals surface area (Å²) in [6.07, 6.45) is 0.957. The predicted octanol–water partition coefficient (Wildman–Crippen LogP) is 1.77. The zero-order valence-corrected chi connectivity index (χ0v) is 11.0. The standard InChI is InChI=1S/C13H20N2OS/c1-2-12(14)9-17-10-13(16)15-8-11-6-4-3-5-7-11/h3-7,12H,2,8-10,14H2,1H3,(H,15,16). The van der Waals surface area contributed by atoms with Gasteiger partial charge >= 0.3 is 0 Å². The lowest BCUT2D eigenvalue weighted by molar-refractivity contribution is -0.118. The summed E-state index contributed by atoms with van der Waals surface area (Å²) in [7, 11) is 0. The zero-order valence-electron chi connectivity index (χ0n) is 10.2. The Kier molecular flexibility index (Phi) is 6.74. The minimum absolute atomic E-state index is 0.0714. The summed E-state index contributed by atoms with van der Waals surface area (Å²) in [6.45, 7) is 2.65. The zero-order chi connectivity index (χ0) is 12.5. The maximum absolute atomic E-state index is 11.5. The van der Waals surface area contributed by atoms with Gasteiger partial charge in [-0.05, 0) is 12.0 Å². The van der Waals surface area contributed by atoms with Gasteiger partial charge in [-0.2, -0.15) is 11.8 Å². The van der Waals surface area contributed by atoms with Gasteiger partial charge in [-0.15, -0.1) is 0 Å². The van der Waals surface area contributed by atoms with Crippen LogP contribution in [0.15, 0.2) is 30.3 Å². The molecule has 0 saturated heterocycles. The highest BCUT2D eigenvalue weighted by molar-refractivity contribution is 7.99. The molecule has 1 rings (SSSR count). The van der Waals surface area contributed by atoms with Crippen molar-refractivity contribution >= 4 is 17.7 Å². The highest BCUT2D eigenvalue weighted by Crippen LogP contribution is 2.04. The fourth-order valence-electron chi connectivity index (χ4n) is 1.27. The molecule has 0 aliphatic heterocycles. The molecular weight excluding hydrogens is 232 g/mol. The van der Waals surface area contributed by atoms with Crippen LogP contribution >= 0.6 is 11.8 Å². The van der Waals surface area contributed by atoms with Gasteiger partial charge in [-0.25, -0.2) is 0 Å². The van der Waals surface area contributed by atoms with Crippen LogP contribution in [0.1, 0.15) is 18.9 Å². The summed E-state index contributed by atoms with van der Waals surface area (Å²) in [4.78, 5) is 11.5. The number of rotatable bonds is 7. The van der Waals surface area contributed by atoms with Crippen LogP contribution < -0.4 is 11.1 Å². The quantitative estimate of drug-likeness (QED) is 0.777. The van der Waals surface area contributed by atoms with Crippen LogP contribution in [-0.4, -0.2) is 23.5 Å². The van der Waals surface area contributed by atoms with Crippen molar-refractivity contribution in [2.75, 3.05) is 11.5 Å². The molecule has 1 amide bonds. The highest BCUT2D eigenvalue weighted by Gasteiger charge is 2.04. The normalized spacial score (nSPS) is 12.1. The number of nitrogens with two attached hydrogens (primary N) is 1. The number of thioether (sulfide) groups is 1. The SMILES string of the molecule is CCC(N)CSCC(=O)NCc1ccccc1. The molecule has 0 aromatic heterocycles. The van der Waals surface area contributed by atoms with Gasteiger partial charge in [-0.1, -0.05) is 37.3 Å². The van der Waals surface area contributed by atoms with E-state index in [1.54, 1.807) is 11.8 Å². The van der Waals surface area contributed by atoms with E-state index in [-0.39, 0.29) is 11.9 Å². The third-order valence-corrected chi connectivity index (χ3v) is 3.55. The Morgan fingerprint density at radius 1 is 1.41 bits per heavy atom. The highest BCUT2D eigenvalue weighted by atomic mass is 32.2. The maximum Gasteiger partial charge on any atom is 0.230 e. The van der Waals surface area contributed by atoms with Crippen LogP contribution in [0, 0.1) is 0 Å². The molecule has 0 spiro atoms. The van der Waals surface area contributed by atoms with E-state index in [1.807, 2.05) is 30.3 Å². The summed E-state index contributed by atoms with van der Waals surface area (Å²) in [5.74, 6) is 1.40. The van der Waals surface area contributed by atoms with Crippen molar-refractivity contribution in [2.24, 2.45) is 5.73 Å². The average Bonchev–Trinajstić information content (AvgIpc) is 2.37. The summed E-state index contributed by atoms with van der Waals surface area (Å²) < 4.78 is 0. The molecule has 0 fully saturated rings. The van der Waals surface area contributed by atoms with E-state index in [4.69, 9.17) is 5.73 Å². The molecule has 0 heterocycles. The number of carbonyl (C=O) groups excluding carboxylic acids is 1. The van der Waals surface area contributed by atoms with E-state index in [0.29, 0.717) is 12.3 Å². The first-order valence-corrected chi connectivity index (χ1v) is 7.01. The van der Waals surface area contributed by atoms with Crippen molar-refractivity contribution in [2.45, 2.75) is 25.9 Å². The number of nitrogens with one attached hydrogen (secondary N) is 1. The minimum atomic E-state index is 0.0714. The second kappa shape index (κ2) is 8.14. The minimum Gasteiger partial charge on any atom is -0.351 e. The molecule has 0 bridgehead atoms. The Bertz CT molecular complexity index is 329. The third kappa shape index (κ3) is 6.34. The lowest BCUT2D eigenvalue weighted by Crippen LogP contribution is -2.27. The van der Waals surface area contributed by atoms with Crippen molar-refractivity contribution in [1.29, 1.82) is 0 Å². The molecule has 94 valence electrons. The van der Waals surface area contributed by atoms with Crippen LogP contribution in [0.2, 0.25) is 0 Å². The first kappa shape index (κ1) is 14.1. The first-order valence-electron chi connectivity index (χ1n) is 5.86. The Balaban J connectivity index is 2.13. The Hall–Kier alpha value is -1.00. The van der Waals surface area contributed by atoms with Crippen LogP contribution in [0.5, 0.6) is 0 Å². The van der Waals surface area contributed by atoms with E-state index >= 15 is 0 Å². The van der Waals surface area contributed by atoms with Crippen molar-refractivity contribution in [1.82, 2.24) is 5.32 Å². The molecule has 0 aliphatic rings. The summed E-state index contributed by atoms with van der Waals surface area (Å²) >= 11 is 1.59. The molecule has 0 radical (unpaired) electrons. The summed E-state index contributed by atoms with van der Waals surface area (Å²) in [6, 6.07) is 10.1. The fraction of sp³-hybridized carbons (Fsp3) is 0.462. The van der Waals surface area contributed by atoms with E-state index in [0.717, 1.165) is 17.7 Å². The van der Waals surface area contributed by atoms with Gasteiger partial charge < -0.3 is 11.1 Å². The second-order valence-corrected chi connectivity index (χ2v) is 4.98. The van der Waals surface area contributed by atoms with Crippen LogP contribution in [0.25, 0.3) is 0 Å². The maximum atomic E-state index is 11.5. The van der Waals surface area contributed by atoms with Gasteiger partial charge in [0.15, 0.2) is 0 Å². The fourth-order valence-corrected chi connectivity index (χ4v) is 2.21. The lowest BCUT2D eigenvalue weighted by atomic mass is 10.2. The average molecular weight is 252 g/mol. The molecule has 1 unspecified atom stereocenters. The molecule has 3 N–H and O–H groups in total. The van der Waals surface area contributed by atoms with Gasteiger partial charge in [0.2, 0.25) is 5.91 Å². The Morgan fingerprint density at radius 3 is 2.76 bits per heavy atom. The Labute approximate surface area is 107 Å². The van der Waals surface area contributed by atoms with Crippen molar-refractivity contribution in [3.63, 3.8) is 0 Å². The molecule has 1 atom stereocenters. The van der Waals surface area contributed by atoms with Crippen molar-refractivity contribution in [3.8, 4) is 0 Å². The molecular formula is C13H20N2OS. The monoisotopic (exact) mass is 252 g/mol. The second-order valence-electron chi connectivity index (χ2n) is 3.95. The Morgan fingerprint density at radius 2 is 2.12 bits per heavy atom. The van der Waals surface area contributed by atoms with Gasteiger partial charge in [0.25, 0.3) is 0 Å². The van der Waals surface area contributed by atoms with Crippen LogP contribution in [0.4, 0.5) is 0 Å². The summed E-state index contributed by atoms with van der Waals surface area (Å²) in [5.41, 5.74) is 6.89. The molecule has 17 heavy (non-hydrogen) atoms. The van der Waals surface area contributed by atoms with Gasteiger partial charge in [0, 0.05) is 18.3 Å². The van der Waals surface area contributed by atoms with E-state index in [1.165, 1.54) is 0 Å². The van der Waals surface area contributed by atoms with Crippen molar-refractivity contribution < 1.29 is 4.79 Å². The van der Waals surface area contributed by atoms with E-state index in [9.17, 15) is 4.79 Å². The van der Waals surface area contributed by atoms with Gasteiger partial charge in [-0.3, -0.25) is 4.79 Å². The first-order chi connectivity index (χ1) is 8.22. The van der Waals surface area contributed by atoms with Crippen LogP contribution in [-0.2, 0) is 11.3 Å². The molecule has 0 saturated carbocycles. The number of hydrogen-bond acceptors (Lipinski definition) is 3. The molecule has 1 aromatic rings. The molecule has 1 aromatic carbocycles. The number of amides is 1. The van der Waals surface area contributed by atoms with Crippen molar-refractivity contribution in [3.05, 3.63) is 35.9 Å². The smallest absolute Gasteiger partial charge is 0.230 e. The van der Waals surface area contributed by atoms with Gasteiger partial charge in [0.1, 0.15) is 0 Å². The summed E-state index contributed by atoms with van der Waals surface area (Å²) in [5, 5.41) is 2.89. The number of hydrogen-bond donors (Lipinski definition) is 2. The van der Waals surface area contributed by atoms with E-state index < -0.39 is 0 Å². The molecule has 3 nitrogen and oxygen atoms in total. The number of carbonyl (C=O) groups is 1. The number of benzene rings is 1. The predicted molar refractivity (Wildman–Crippen MR) is 73.9 cm³/mol. The van der Waals surface area contributed by atoms with Gasteiger partial charge in [0.05, 0.1) is 5.75 Å².